The quantitative estimate of drug-likeness (QED) is 0.339. The highest BCUT2D eigenvalue weighted by atomic mass is 19.4. The number of Topliss-reactive ketones (excluding diaryl/α,β-unsaturated/α-hetero) is 1. The van der Waals surface area contributed by atoms with E-state index in [0.29, 0.717) is 37.1 Å². The smallest absolute Gasteiger partial charge is 0.406 e. The van der Waals surface area contributed by atoms with Gasteiger partial charge in [-0.05, 0) is 60.9 Å². The Morgan fingerprint density at radius 3 is 2.49 bits per heavy atom. The number of hydrogen-bond donors (Lipinski definition) is 1. The number of ketones is 1. The van der Waals surface area contributed by atoms with Crippen molar-refractivity contribution < 1.29 is 32.3 Å². The van der Waals surface area contributed by atoms with Gasteiger partial charge in [0.15, 0.2) is 5.78 Å². The average Bonchev–Trinajstić information content (AvgIpc) is 3.55. The van der Waals surface area contributed by atoms with Crippen LogP contribution >= 0.6 is 0 Å². The fourth-order valence-corrected chi connectivity index (χ4v) is 6.01. The number of H-pyrrole nitrogens is 1. The Morgan fingerprint density at radius 2 is 1.74 bits per heavy atom. The summed E-state index contributed by atoms with van der Waals surface area (Å²) < 4.78 is 41.9. The number of amides is 2. The third-order valence-corrected chi connectivity index (χ3v) is 8.05. The summed E-state index contributed by atoms with van der Waals surface area (Å²) in [7, 11) is 0. The molecule has 2 saturated heterocycles. The fraction of sp³-hybridized carbons (Fsp3) is 0.290. The average molecular weight is 592 g/mol. The van der Waals surface area contributed by atoms with E-state index in [-0.39, 0.29) is 37.2 Å². The second kappa shape index (κ2) is 11.1. The van der Waals surface area contributed by atoms with Crippen LogP contribution in [0.2, 0.25) is 0 Å². The number of fused-ring (bicyclic) bond motifs is 1. The molecular formula is C31H28F3N5O4. The Morgan fingerprint density at radius 1 is 0.977 bits per heavy atom. The number of piperidine rings is 1. The van der Waals surface area contributed by atoms with E-state index >= 15 is 0 Å². The zero-order valence-corrected chi connectivity index (χ0v) is 23.0. The van der Waals surface area contributed by atoms with Gasteiger partial charge in [-0.3, -0.25) is 19.5 Å². The third-order valence-electron chi connectivity index (χ3n) is 8.05. The lowest BCUT2D eigenvalue weighted by molar-refractivity contribution is -0.274. The van der Waals surface area contributed by atoms with Crippen LogP contribution in [0.4, 0.5) is 18.9 Å². The highest BCUT2D eigenvalue weighted by Gasteiger charge is 2.54. The van der Waals surface area contributed by atoms with Gasteiger partial charge in [0.2, 0.25) is 5.91 Å². The van der Waals surface area contributed by atoms with Gasteiger partial charge < -0.3 is 19.4 Å². The molecule has 3 aromatic carbocycles. The van der Waals surface area contributed by atoms with Crippen LogP contribution in [0, 0.1) is 0 Å². The Kier molecular flexibility index (Phi) is 7.28. The molecule has 12 heteroatoms. The van der Waals surface area contributed by atoms with E-state index in [0.717, 1.165) is 16.6 Å². The van der Waals surface area contributed by atoms with Crippen LogP contribution < -0.4 is 9.64 Å². The molecule has 0 saturated carbocycles. The van der Waals surface area contributed by atoms with Gasteiger partial charge in [0.1, 0.15) is 11.3 Å². The molecule has 3 heterocycles. The van der Waals surface area contributed by atoms with Crippen molar-refractivity contribution in [3.8, 4) is 5.75 Å². The minimum absolute atomic E-state index is 0.126. The van der Waals surface area contributed by atoms with Crippen LogP contribution in [0.25, 0.3) is 10.9 Å². The molecular weight excluding hydrogens is 563 g/mol. The fourth-order valence-electron chi connectivity index (χ4n) is 6.01. The molecule has 1 spiro atoms. The highest BCUT2D eigenvalue weighted by molar-refractivity contribution is 5.99. The van der Waals surface area contributed by atoms with Crippen LogP contribution in [0.5, 0.6) is 5.75 Å². The van der Waals surface area contributed by atoms with Gasteiger partial charge >= 0.3 is 6.36 Å². The maximum absolute atomic E-state index is 14.0. The number of alkyl halides is 3. The third kappa shape index (κ3) is 5.77. The molecule has 1 aromatic heterocycles. The Balaban J connectivity index is 1.17. The maximum Gasteiger partial charge on any atom is 0.573 e. The van der Waals surface area contributed by atoms with Gasteiger partial charge in [0.05, 0.1) is 24.9 Å². The summed E-state index contributed by atoms with van der Waals surface area (Å²) in [5.41, 5.74) is 1.62. The van der Waals surface area contributed by atoms with Crippen LogP contribution in [0.3, 0.4) is 0 Å². The molecule has 1 N–H and O–H groups in total. The first-order valence-corrected chi connectivity index (χ1v) is 13.8. The van der Waals surface area contributed by atoms with Crippen molar-refractivity contribution in [3.63, 3.8) is 0 Å². The lowest BCUT2D eigenvalue weighted by atomic mass is 9.85. The molecule has 0 aliphatic carbocycles. The molecule has 0 radical (unpaired) electrons. The van der Waals surface area contributed by atoms with E-state index in [1.165, 1.54) is 23.1 Å². The molecule has 4 aromatic rings. The van der Waals surface area contributed by atoms with Gasteiger partial charge in [0, 0.05) is 36.1 Å². The van der Waals surface area contributed by atoms with Crippen molar-refractivity contribution in [2.24, 2.45) is 0 Å². The summed E-state index contributed by atoms with van der Waals surface area (Å²) in [5.74, 6) is -1.05. The molecule has 0 bridgehead atoms. The number of carbonyl (C=O) groups excluding carboxylic acids is 3. The number of aromatic nitrogens is 2. The first-order chi connectivity index (χ1) is 20.6. The number of ether oxygens (including phenoxy) is 1. The standard InChI is InChI=1S/C31H28F3N5O4/c32-31(33,34)43-26-8-4-5-21(16-26)15-25(40)19-38-20-39(24-6-2-1-3-7-24)30(29(38)42)11-13-37(14-12-30)28(41)22-9-10-27-23(17-22)18-35-36-27/h1-10,16-18H,11-15,19-20H2,(H,35,36). The summed E-state index contributed by atoms with van der Waals surface area (Å²) in [6.07, 6.45) is -2.58. The predicted octanol–water partition coefficient (Wildman–Crippen LogP) is 4.55. The Labute approximate surface area is 244 Å². The molecule has 9 nitrogen and oxygen atoms in total. The Bertz CT molecular complexity index is 1660. The number of halogens is 3. The summed E-state index contributed by atoms with van der Waals surface area (Å²) >= 11 is 0. The molecule has 0 unspecified atom stereocenters. The van der Waals surface area contributed by atoms with Crippen molar-refractivity contribution in [1.82, 2.24) is 20.0 Å². The van der Waals surface area contributed by atoms with E-state index in [1.54, 1.807) is 29.3 Å². The predicted molar refractivity (Wildman–Crippen MR) is 151 cm³/mol. The van der Waals surface area contributed by atoms with Crippen LogP contribution in [-0.4, -0.2) is 75.8 Å². The van der Waals surface area contributed by atoms with E-state index in [1.807, 2.05) is 41.3 Å². The van der Waals surface area contributed by atoms with E-state index < -0.39 is 17.7 Å². The number of hydrogen-bond acceptors (Lipinski definition) is 6. The normalized spacial score (nSPS) is 16.7. The van der Waals surface area contributed by atoms with Gasteiger partial charge in [-0.25, -0.2) is 0 Å². The van der Waals surface area contributed by atoms with Crippen molar-refractivity contribution >= 4 is 34.2 Å². The zero-order valence-electron chi connectivity index (χ0n) is 23.0. The first kappa shape index (κ1) is 28.3. The van der Waals surface area contributed by atoms with Crippen molar-refractivity contribution in [2.45, 2.75) is 31.2 Å². The summed E-state index contributed by atoms with van der Waals surface area (Å²) in [6.45, 7) is 0.689. The number of para-hydroxylation sites is 1. The number of carbonyl (C=O) groups is 3. The molecule has 222 valence electrons. The minimum atomic E-state index is -4.84. The van der Waals surface area contributed by atoms with Crippen LogP contribution in [0.15, 0.2) is 79.0 Å². The first-order valence-electron chi connectivity index (χ1n) is 13.8. The number of rotatable bonds is 7. The van der Waals surface area contributed by atoms with Gasteiger partial charge in [-0.1, -0.05) is 30.3 Å². The SMILES string of the molecule is O=C(Cc1cccc(OC(F)(F)F)c1)CN1CN(c2ccccc2)C2(CCN(C(=O)c3ccc4[nH]ncc4c3)CC2)C1=O. The number of anilines is 1. The number of benzene rings is 3. The number of aromatic amines is 1. The maximum atomic E-state index is 14.0. The monoisotopic (exact) mass is 591 g/mol. The molecule has 6 rings (SSSR count). The minimum Gasteiger partial charge on any atom is -0.406 e. The molecule has 0 atom stereocenters. The Hall–Kier alpha value is -4.87. The van der Waals surface area contributed by atoms with Crippen molar-refractivity contribution in [3.05, 3.63) is 90.1 Å². The largest absolute Gasteiger partial charge is 0.573 e. The molecule has 2 amide bonds. The second-order valence-corrected chi connectivity index (χ2v) is 10.8. The summed E-state index contributed by atoms with van der Waals surface area (Å²) in [4.78, 5) is 45.7. The van der Waals surface area contributed by atoms with Crippen molar-refractivity contribution in [1.29, 1.82) is 0 Å². The van der Waals surface area contributed by atoms with Crippen molar-refractivity contribution in [2.75, 3.05) is 31.2 Å². The number of likely N-dealkylation sites (tertiary alicyclic amines) is 1. The lowest BCUT2D eigenvalue weighted by Crippen LogP contribution is -2.57. The van der Waals surface area contributed by atoms with Gasteiger partial charge in [-0.15, -0.1) is 13.2 Å². The second-order valence-electron chi connectivity index (χ2n) is 10.8. The summed E-state index contributed by atoms with van der Waals surface area (Å²) in [5, 5.41) is 7.71. The highest BCUT2D eigenvalue weighted by Crippen LogP contribution is 2.40. The summed E-state index contributed by atoms with van der Waals surface area (Å²) in [6, 6.07) is 20.1. The number of nitrogens with zero attached hydrogens (tertiary/aromatic N) is 4. The van der Waals surface area contributed by atoms with Gasteiger partial charge in [0.25, 0.3) is 5.91 Å². The topological polar surface area (TPSA) is 98.8 Å². The van der Waals surface area contributed by atoms with E-state index in [2.05, 4.69) is 14.9 Å². The van der Waals surface area contributed by atoms with Crippen LogP contribution in [-0.2, 0) is 16.0 Å². The zero-order chi connectivity index (χ0) is 30.2. The van der Waals surface area contributed by atoms with E-state index in [9.17, 15) is 27.6 Å². The molecule has 2 aliphatic rings. The number of nitrogens with one attached hydrogen (secondary N) is 1. The lowest BCUT2D eigenvalue weighted by Gasteiger charge is -2.43. The van der Waals surface area contributed by atoms with E-state index in [4.69, 9.17) is 0 Å². The van der Waals surface area contributed by atoms with Crippen LogP contribution in [0.1, 0.15) is 28.8 Å². The molecule has 2 aliphatic heterocycles. The molecule has 2 fully saturated rings. The molecule has 43 heavy (non-hydrogen) atoms. The van der Waals surface area contributed by atoms with Gasteiger partial charge in [-0.2, -0.15) is 5.10 Å².